The second-order valence-corrected chi connectivity index (χ2v) is 43.4. The Hall–Kier alpha value is 4.37. The average molecular weight is 1510 g/mol. The minimum atomic E-state index is -2.47. The molecule has 0 aromatic rings. The molecule has 0 amide bonds. The molecule has 0 saturated carbocycles. The van der Waals surface area contributed by atoms with E-state index in [-0.39, 0.29) is 21.1 Å². The SMILES string of the molecule is CCCCC(CC)COP(=S)([S-])OCC(CC)CCCC.CCCCC(CC)COP(=S)([S-])OCC(CC)CCCC.CCCCC(CC)COP(=S)([S-])OCC(CC)CCCC.CCCCC(CC)COP(=S)([S-])OCC(CC)CCCC.[Mo+4]. The fourth-order valence-corrected chi connectivity index (χ4v) is 15.3. The van der Waals surface area contributed by atoms with Crippen molar-refractivity contribution in [3.05, 3.63) is 0 Å². The fourth-order valence-electron chi connectivity index (χ4n) is 8.91. The molecule has 85 heavy (non-hydrogen) atoms. The summed E-state index contributed by atoms with van der Waals surface area (Å²) in [7, 11) is 0. The first-order valence-corrected chi connectivity index (χ1v) is 48.9. The largest absolute Gasteiger partial charge is 4.00 e. The van der Waals surface area contributed by atoms with Crippen LogP contribution < -0.4 is 0 Å². The van der Waals surface area contributed by atoms with Crippen LogP contribution >= 0.6 is 22.8 Å². The molecular formula is C64H136MoO8P4S8. The maximum atomic E-state index is 5.80. The third kappa shape index (κ3) is 65.4. The maximum Gasteiger partial charge on any atom is 4.00 e. The van der Waals surface area contributed by atoms with Crippen LogP contribution in [0, 0.1) is 47.3 Å². The molecule has 0 aliphatic rings. The molecule has 0 saturated heterocycles. The molecule has 8 unspecified atom stereocenters. The van der Waals surface area contributed by atoms with Crippen molar-refractivity contribution in [1.82, 2.24) is 0 Å². The summed E-state index contributed by atoms with van der Waals surface area (Å²) in [5.74, 6) is 4.56. The van der Waals surface area contributed by atoms with Gasteiger partial charge in [0.15, 0.2) is 0 Å². The number of hydrogen-bond donors (Lipinski definition) is 0. The van der Waals surface area contributed by atoms with Crippen molar-refractivity contribution in [2.75, 3.05) is 52.9 Å². The van der Waals surface area contributed by atoms with Gasteiger partial charge in [-0.25, -0.2) is 0 Å². The molecule has 0 N–H and O–H groups in total. The molecule has 0 aromatic heterocycles. The van der Waals surface area contributed by atoms with Crippen LogP contribution in [0.2, 0.25) is 0 Å². The standard InChI is InChI=1S/4C16H35O2PS2.Mo/c4*1-5-9-11-15(7-3)13-17-19(20,21)18-14-16(8-4)12-10-6-2;/h4*15-16H,5-14H2,1-4H3,(H,20,21);/q;;;;+4/p-4. The normalized spacial score (nSPS) is 17.2. The van der Waals surface area contributed by atoms with Gasteiger partial charge in [-0.15, -0.1) is 0 Å². The molecule has 21 heteroatoms. The molecule has 0 heterocycles. The summed E-state index contributed by atoms with van der Waals surface area (Å²) in [5, 5.41) is 0. The van der Waals surface area contributed by atoms with Gasteiger partial charge < -0.3 is 85.2 Å². The zero-order valence-corrected chi connectivity index (χ0v) is 69.7. The first-order valence-electron chi connectivity index (χ1n) is 34.3. The van der Waals surface area contributed by atoms with Crippen LogP contribution in [0.3, 0.4) is 0 Å². The summed E-state index contributed by atoms with van der Waals surface area (Å²) in [4.78, 5) is 0. The van der Waals surface area contributed by atoms with E-state index in [0.717, 1.165) is 51.4 Å². The molecule has 0 fully saturated rings. The van der Waals surface area contributed by atoms with Crippen LogP contribution in [0.25, 0.3) is 0 Å². The molecule has 8 nitrogen and oxygen atoms in total. The van der Waals surface area contributed by atoms with Gasteiger partial charge in [-0.3, -0.25) is 0 Å². The quantitative estimate of drug-likeness (QED) is 0.0329. The van der Waals surface area contributed by atoms with Crippen molar-refractivity contribution in [3.63, 3.8) is 0 Å². The Morgan fingerprint density at radius 2 is 0.318 bits per heavy atom. The van der Waals surface area contributed by atoms with E-state index < -0.39 is 22.8 Å². The van der Waals surface area contributed by atoms with Crippen LogP contribution in [-0.4, -0.2) is 52.9 Å². The summed E-state index contributed by atoms with van der Waals surface area (Å²) in [6.07, 6.45) is 38.4. The predicted octanol–water partition coefficient (Wildman–Crippen LogP) is 24.9. The zero-order chi connectivity index (χ0) is 64.6. The van der Waals surface area contributed by atoms with Crippen molar-refractivity contribution < 1.29 is 57.3 Å². The Balaban J connectivity index is -0.000000333. The molecule has 0 aromatic carbocycles. The topological polar surface area (TPSA) is 73.8 Å². The molecule has 0 spiro atoms. The van der Waals surface area contributed by atoms with Gasteiger partial charge in [0.25, 0.3) is 0 Å². The van der Waals surface area contributed by atoms with Crippen molar-refractivity contribution in [2.45, 2.75) is 316 Å². The van der Waals surface area contributed by atoms with Crippen LogP contribution in [0.4, 0.5) is 0 Å². The van der Waals surface area contributed by atoms with Gasteiger partial charge in [0.05, 0.1) is 75.6 Å². The Bertz CT molecular complexity index is 1290. The molecule has 8 atom stereocenters. The predicted molar refractivity (Wildman–Crippen MR) is 401 cm³/mol. The van der Waals surface area contributed by atoms with Gasteiger partial charge in [-0.05, 0) is 98.7 Å². The van der Waals surface area contributed by atoms with E-state index in [0.29, 0.717) is 100 Å². The van der Waals surface area contributed by atoms with Gasteiger partial charge in [-0.1, -0.05) is 312 Å². The van der Waals surface area contributed by atoms with Crippen molar-refractivity contribution in [1.29, 1.82) is 0 Å². The monoisotopic (exact) mass is 1510 g/mol. The van der Waals surface area contributed by atoms with E-state index in [1.807, 2.05) is 0 Å². The number of hydrogen-bond acceptors (Lipinski definition) is 16. The summed E-state index contributed by atoms with van der Waals surface area (Å²) in [6.45, 7) is 40.7. The summed E-state index contributed by atoms with van der Waals surface area (Å²) < 4.78 is 46.4. The molecule has 0 aliphatic heterocycles. The van der Waals surface area contributed by atoms with E-state index >= 15 is 0 Å². The van der Waals surface area contributed by atoms with Gasteiger partial charge in [0.2, 0.25) is 0 Å². The smallest absolute Gasteiger partial charge is 0.691 e. The van der Waals surface area contributed by atoms with Gasteiger partial charge in [0, 0.05) is 0 Å². The Morgan fingerprint density at radius 3 is 0.388 bits per heavy atom. The first-order chi connectivity index (χ1) is 39.9. The number of rotatable bonds is 56. The molecule has 514 valence electrons. The summed E-state index contributed by atoms with van der Waals surface area (Å²) in [6, 6.07) is 0. The molecule has 0 rings (SSSR count). The van der Waals surface area contributed by atoms with E-state index in [4.69, 9.17) is 132 Å². The molecule has 0 bridgehead atoms. The molecule has 0 radical (unpaired) electrons. The van der Waals surface area contributed by atoms with Crippen LogP contribution in [0.1, 0.15) is 316 Å². The van der Waals surface area contributed by atoms with Crippen molar-refractivity contribution >= 4 is 119 Å². The number of unbranched alkanes of at least 4 members (excludes halogenated alkanes) is 8. The van der Waals surface area contributed by atoms with Crippen molar-refractivity contribution in [2.24, 2.45) is 47.3 Å². The Labute approximate surface area is 587 Å². The van der Waals surface area contributed by atoms with Gasteiger partial charge in [0.1, 0.15) is 0 Å². The third-order valence-electron chi connectivity index (χ3n) is 16.1. The summed E-state index contributed by atoms with van der Waals surface area (Å²) in [5.41, 5.74) is -9.90. The van der Waals surface area contributed by atoms with Gasteiger partial charge in [-0.2, -0.15) is 0 Å². The molecule has 0 aliphatic carbocycles. The second kappa shape index (κ2) is 67.0. The zero-order valence-electron chi connectivity index (χ0n) is 57.6. The first kappa shape index (κ1) is 98.0. The summed E-state index contributed by atoms with van der Waals surface area (Å²) >= 11 is 43.1. The van der Waals surface area contributed by atoms with Gasteiger partial charge >= 0.3 is 21.1 Å². The van der Waals surface area contributed by atoms with E-state index in [9.17, 15) is 0 Å². The van der Waals surface area contributed by atoms with Crippen molar-refractivity contribution in [3.8, 4) is 0 Å². The minimum Gasteiger partial charge on any atom is -0.691 e. The fraction of sp³-hybridized carbons (Fsp3) is 1.00. The Kier molecular flexibility index (Phi) is 77.2. The average Bonchev–Trinajstić information content (AvgIpc) is 3.55. The van der Waals surface area contributed by atoms with Crippen LogP contribution in [-0.2, 0) is 153 Å². The van der Waals surface area contributed by atoms with Crippen LogP contribution in [0.5, 0.6) is 0 Å². The van der Waals surface area contributed by atoms with Crippen LogP contribution in [0.15, 0.2) is 0 Å². The Morgan fingerprint density at radius 1 is 0.224 bits per heavy atom. The second-order valence-electron chi connectivity index (χ2n) is 23.5. The van der Waals surface area contributed by atoms with E-state index in [1.54, 1.807) is 0 Å². The third-order valence-corrected chi connectivity index (χ3v) is 24.9. The minimum absolute atomic E-state index is 0. The van der Waals surface area contributed by atoms with E-state index in [2.05, 4.69) is 111 Å². The maximum absolute atomic E-state index is 5.80. The van der Waals surface area contributed by atoms with E-state index in [1.165, 1.54) is 154 Å². The molecular weight excluding hydrogens is 1370 g/mol.